The van der Waals surface area contributed by atoms with E-state index >= 15 is 0 Å². The van der Waals surface area contributed by atoms with E-state index in [2.05, 4.69) is 229 Å². The summed E-state index contributed by atoms with van der Waals surface area (Å²) < 4.78 is 0. The second kappa shape index (κ2) is 14.0. The molecular weight excluding hydrogens is 663 g/mol. The first-order valence-corrected chi connectivity index (χ1v) is 18.9. The van der Waals surface area contributed by atoms with Crippen molar-refractivity contribution in [2.75, 3.05) is 4.90 Å². The van der Waals surface area contributed by atoms with E-state index in [1.165, 1.54) is 76.8 Å². The summed E-state index contributed by atoms with van der Waals surface area (Å²) in [6, 6.07) is 81.3. The zero-order valence-corrected chi connectivity index (χ0v) is 30.3. The van der Waals surface area contributed by atoms with Gasteiger partial charge in [-0.25, -0.2) is 0 Å². The van der Waals surface area contributed by atoms with Crippen molar-refractivity contribution in [1.82, 2.24) is 0 Å². The number of nitrogens with zero attached hydrogens (tertiary/aromatic N) is 1. The minimum atomic E-state index is 1.10. The Balaban J connectivity index is 1.04. The molecule has 0 aliphatic heterocycles. The Labute approximate surface area is 322 Å². The summed E-state index contributed by atoms with van der Waals surface area (Å²) in [5.74, 6) is 0. The maximum atomic E-state index is 2.35. The lowest BCUT2D eigenvalue weighted by atomic mass is 9.91. The molecule has 0 heterocycles. The van der Waals surface area contributed by atoms with Crippen LogP contribution in [0.3, 0.4) is 0 Å². The zero-order chi connectivity index (χ0) is 36.6. The molecule has 0 aromatic heterocycles. The van der Waals surface area contributed by atoms with Crippen LogP contribution in [0.4, 0.5) is 17.1 Å². The van der Waals surface area contributed by atoms with Gasteiger partial charge in [0.05, 0.1) is 0 Å². The molecule has 0 fully saturated rings. The molecule has 10 aromatic carbocycles. The molecule has 0 bridgehead atoms. The van der Waals surface area contributed by atoms with E-state index in [1.54, 1.807) is 0 Å². The maximum absolute atomic E-state index is 2.35. The molecule has 0 saturated carbocycles. The lowest BCUT2D eigenvalue weighted by molar-refractivity contribution is 1.28. The fourth-order valence-corrected chi connectivity index (χ4v) is 8.22. The minimum absolute atomic E-state index is 1.10. The first-order chi connectivity index (χ1) is 27.3. The van der Waals surface area contributed by atoms with E-state index in [0.29, 0.717) is 0 Å². The maximum Gasteiger partial charge on any atom is 0.0467 e. The molecule has 258 valence electrons. The van der Waals surface area contributed by atoms with Gasteiger partial charge >= 0.3 is 0 Å². The number of rotatable bonds is 7. The van der Waals surface area contributed by atoms with Crippen molar-refractivity contribution in [3.05, 3.63) is 224 Å². The molecule has 0 saturated heterocycles. The molecule has 55 heavy (non-hydrogen) atoms. The van der Waals surface area contributed by atoms with E-state index in [0.717, 1.165) is 17.1 Å². The Morgan fingerprint density at radius 3 is 1.40 bits per heavy atom. The highest BCUT2D eigenvalue weighted by Gasteiger charge is 2.16. The van der Waals surface area contributed by atoms with Crippen LogP contribution < -0.4 is 4.90 Å². The molecule has 0 atom stereocenters. The average molecular weight is 700 g/mol. The van der Waals surface area contributed by atoms with Crippen molar-refractivity contribution >= 4 is 49.4 Å². The van der Waals surface area contributed by atoms with Crippen LogP contribution in [-0.2, 0) is 0 Å². The summed E-state index contributed by atoms with van der Waals surface area (Å²) in [4.78, 5) is 2.35. The van der Waals surface area contributed by atoms with Gasteiger partial charge in [0.1, 0.15) is 0 Å². The van der Waals surface area contributed by atoms with Gasteiger partial charge in [-0.1, -0.05) is 182 Å². The van der Waals surface area contributed by atoms with Crippen LogP contribution in [0.1, 0.15) is 0 Å². The predicted molar refractivity (Wildman–Crippen MR) is 235 cm³/mol. The van der Waals surface area contributed by atoms with Crippen LogP contribution >= 0.6 is 0 Å². The van der Waals surface area contributed by atoms with Crippen molar-refractivity contribution in [3.63, 3.8) is 0 Å². The summed E-state index contributed by atoms with van der Waals surface area (Å²) in [6.07, 6.45) is 0. The highest BCUT2D eigenvalue weighted by atomic mass is 15.1. The van der Waals surface area contributed by atoms with E-state index in [4.69, 9.17) is 0 Å². The Kier molecular flexibility index (Phi) is 8.24. The van der Waals surface area contributed by atoms with Crippen LogP contribution in [0.25, 0.3) is 76.8 Å². The molecule has 0 amide bonds. The molecule has 1 nitrogen and oxygen atoms in total. The molecule has 0 spiro atoms. The standard InChI is InChI=1S/C54H37N/c1-3-14-38(15-4-1)48-21-9-10-22-49(48)40-30-33-46(34-31-40)55(45-18-5-2-6-19-45)47-20-13-17-42(37-47)50-23-11-12-24-51(50)43-32-35-53-44(36-43)29-28-41-27-26-39-16-7-8-25-52(39)54(41)53/h1-37H. The summed E-state index contributed by atoms with van der Waals surface area (Å²) in [6.45, 7) is 0. The second-order valence-electron chi connectivity index (χ2n) is 14.1. The second-order valence-corrected chi connectivity index (χ2v) is 14.1. The lowest BCUT2D eigenvalue weighted by Crippen LogP contribution is -2.09. The van der Waals surface area contributed by atoms with Gasteiger partial charge in [0.15, 0.2) is 0 Å². The summed E-state index contributed by atoms with van der Waals surface area (Å²) >= 11 is 0. The lowest BCUT2D eigenvalue weighted by Gasteiger charge is -2.26. The third-order valence-electron chi connectivity index (χ3n) is 10.8. The SMILES string of the molecule is c1ccc(-c2ccccc2-c2ccc(N(c3ccccc3)c3cccc(-c4ccccc4-c4ccc5c(ccc6ccc7ccccc7c65)c4)c3)cc2)cc1. The van der Waals surface area contributed by atoms with Gasteiger partial charge in [-0.3, -0.25) is 0 Å². The van der Waals surface area contributed by atoms with Crippen molar-refractivity contribution in [2.24, 2.45) is 0 Å². The minimum Gasteiger partial charge on any atom is -0.310 e. The van der Waals surface area contributed by atoms with Crippen LogP contribution in [-0.4, -0.2) is 0 Å². The van der Waals surface area contributed by atoms with Crippen LogP contribution in [0.15, 0.2) is 224 Å². The van der Waals surface area contributed by atoms with Crippen LogP contribution in [0, 0.1) is 0 Å². The number of benzene rings is 10. The topological polar surface area (TPSA) is 3.24 Å². The normalized spacial score (nSPS) is 11.3. The van der Waals surface area contributed by atoms with Gasteiger partial charge in [0, 0.05) is 17.1 Å². The third kappa shape index (κ3) is 6.02. The van der Waals surface area contributed by atoms with E-state index < -0.39 is 0 Å². The van der Waals surface area contributed by atoms with E-state index in [1.807, 2.05) is 0 Å². The van der Waals surface area contributed by atoms with Gasteiger partial charge < -0.3 is 4.90 Å². The van der Waals surface area contributed by atoms with Crippen LogP contribution in [0.5, 0.6) is 0 Å². The molecule has 0 unspecified atom stereocenters. The number of para-hydroxylation sites is 1. The van der Waals surface area contributed by atoms with Gasteiger partial charge in [0.2, 0.25) is 0 Å². The van der Waals surface area contributed by atoms with Gasteiger partial charge in [-0.15, -0.1) is 0 Å². The molecule has 0 aliphatic carbocycles. The van der Waals surface area contributed by atoms with Crippen molar-refractivity contribution in [2.45, 2.75) is 0 Å². The smallest absolute Gasteiger partial charge is 0.0467 e. The largest absolute Gasteiger partial charge is 0.310 e. The fraction of sp³-hybridized carbons (Fsp3) is 0. The van der Waals surface area contributed by atoms with Crippen molar-refractivity contribution in [1.29, 1.82) is 0 Å². The highest BCUT2D eigenvalue weighted by molar-refractivity contribution is 6.20. The predicted octanol–water partition coefficient (Wildman–Crippen LogP) is 15.3. The first-order valence-electron chi connectivity index (χ1n) is 18.9. The number of fused-ring (bicyclic) bond motifs is 5. The molecular formula is C54H37N. The number of hydrogen-bond donors (Lipinski definition) is 0. The molecule has 0 aliphatic rings. The molecule has 10 rings (SSSR count). The molecule has 0 radical (unpaired) electrons. The Hall–Kier alpha value is -7.22. The summed E-state index contributed by atoms with van der Waals surface area (Å²) in [5.41, 5.74) is 13.0. The zero-order valence-electron chi connectivity index (χ0n) is 30.3. The fourth-order valence-electron chi connectivity index (χ4n) is 8.22. The van der Waals surface area contributed by atoms with Gasteiger partial charge in [-0.2, -0.15) is 0 Å². The summed E-state index contributed by atoms with van der Waals surface area (Å²) in [5, 5.41) is 7.68. The van der Waals surface area contributed by atoms with Gasteiger partial charge in [0.25, 0.3) is 0 Å². The van der Waals surface area contributed by atoms with E-state index in [9.17, 15) is 0 Å². The number of hydrogen-bond acceptors (Lipinski definition) is 1. The summed E-state index contributed by atoms with van der Waals surface area (Å²) in [7, 11) is 0. The van der Waals surface area contributed by atoms with Gasteiger partial charge in [-0.05, 0) is 119 Å². The third-order valence-corrected chi connectivity index (χ3v) is 10.8. The number of anilines is 3. The van der Waals surface area contributed by atoms with Crippen molar-refractivity contribution < 1.29 is 0 Å². The molecule has 0 N–H and O–H groups in total. The molecule has 1 heteroatoms. The first kappa shape index (κ1) is 32.4. The van der Waals surface area contributed by atoms with Crippen LogP contribution in [0.2, 0.25) is 0 Å². The Morgan fingerprint density at radius 1 is 0.236 bits per heavy atom. The van der Waals surface area contributed by atoms with E-state index in [-0.39, 0.29) is 0 Å². The Bertz CT molecular complexity index is 2960. The monoisotopic (exact) mass is 699 g/mol. The average Bonchev–Trinajstić information content (AvgIpc) is 3.27. The van der Waals surface area contributed by atoms with Crippen molar-refractivity contribution in [3.8, 4) is 44.5 Å². The molecule has 10 aromatic rings. The highest BCUT2D eigenvalue weighted by Crippen LogP contribution is 2.41. The Morgan fingerprint density at radius 2 is 0.691 bits per heavy atom. The quantitative estimate of drug-likeness (QED) is 0.150.